The highest BCUT2D eigenvalue weighted by atomic mass is 79.9. The fourth-order valence-electron chi connectivity index (χ4n) is 1.82. The van der Waals surface area contributed by atoms with Gasteiger partial charge in [-0.2, -0.15) is 4.68 Å². The topological polar surface area (TPSA) is 94.8 Å². The molecule has 2 rings (SSSR count). The summed E-state index contributed by atoms with van der Waals surface area (Å²) in [6.45, 7) is 8.97. The van der Waals surface area contributed by atoms with Gasteiger partial charge in [-0.15, -0.1) is 5.10 Å². The maximum atomic E-state index is 11.9. The number of amides is 1. The second kappa shape index (κ2) is 6.61. The lowest BCUT2D eigenvalue weighted by molar-refractivity contribution is 0.0505. The molecule has 0 radical (unpaired) electrons. The van der Waals surface area contributed by atoms with Crippen LogP contribution in [0.2, 0.25) is 0 Å². The monoisotopic (exact) mass is 382 g/mol. The minimum atomic E-state index is -0.567. The Balaban J connectivity index is 2.22. The van der Waals surface area contributed by atoms with Crippen LogP contribution in [0.4, 0.5) is 4.79 Å². The Morgan fingerprint density at radius 2 is 1.96 bits per heavy atom. The molecule has 2 aromatic rings. The summed E-state index contributed by atoms with van der Waals surface area (Å²) in [5.41, 5.74) is -0.567. The first-order valence-electron chi connectivity index (χ1n) is 7.07. The Morgan fingerprint density at radius 3 is 2.52 bits per heavy atom. The van der Waals surface area contributed by atoms with E-state index in [-0.39, 0.29) is 0 Å². The number of alkyl carbamates (subject to hydrolysis) is 1. The van der Waals surface area contributed by atoms with Crippen LogP contribution in [0.3, 0.4) is 0 Å². The van der Waals surface area contributed by atoms with Gasteiger partial charge in [0, 0.05) is 12.4 Å². The third kappa shape index (κ3) is 4.72. The second-order valence-electron chi connectivity index (χ2n) is 6.00. The van der Waals surface area contributed by atoms with E-state index in [1.165, 1.54) is 4.68 Å². The van der Waals surface area contributed by atoms with E-state index >= 15 is 0 Å². The summed E-state index contributed by atoms with van der Waals surface area (Å²) in [5.74, 6) is 1.46. The summed E-state index contributed by atoms with van der Waals surface area (Å²) < 4.78 is 7.52. The van der Waals surface area contributed by atoms with E-state index in [1.807, 2.05) is 0 Å². The van der Waals surface area contributed by atoms with Crippen LogP contribution in [0, 0.1) is 6.92 Å². The number of hydrogen-bond donors (Lipinski definition) is 1. The number of carbonyl (C=O) groups is 1. The molecule has 0 aliphatic rings. The van der Waals surface area contributed by atoms with Gasteiger partial charge in [-0.05, 0) is 50.5 Å². The van der Waals surface area contributed by atoms with Crippen molar-refractivity contribution in [2.75, 3.05) is 0 Å². The van der Waals surface area contributed by atoms with Gasteiger partial charge in [-0.3, -0.25) is 0 Å². The molecule has 0 fully saturated rings. The van der Waals surface area contributed by atoms with E-state index in [0.717, 1.165) is 4.47 Å². The van der Waals surface area contributed by atoms with Crippen LogP contribution in [0.5, 0.6) is 0 Å². The van der Waals surface area contributed by atoms with Crippen molar-refractivity contribution < 1.29 is 9.53 Å². The molecule has 0 aromatic carbocycles. The average Bonchev–Trinajstić information content (AvgIpc) is 2.79. The molecule has 0 aliphatic carbocycles. The van der Waals surface area contributed by atoms with Crippen molar-refractivity contribution in [2.24, 2.45) is 0 Å². The Morgan fingerprint density at radius 1 is 1.35 bits per heavy atom. The number of halogens is 1. The molecule has 124 valence electrons. The Hall–Kier alpha value is -2.03. The zero-order chi connectivity index (χ0) is 17.2. The SMILES string of the molecule is Cc1nc([C@H](C)NC(=O)OC(C)(C)C)n(-c2ncc(Br)cn2)n1. The van der Waals surface area contributed by atoms with E-state index < -0.39 is 17.7 Å². The van der Waals surface area contributed by atoms with Gasteiger partial charge in [0.15, 0.2) is 5.82 Å². The normalized spacial score (nSPS) is 12.8. The van der Waals surface area contributed by atoms with Crippen LogP contribution in [-0.2, 0) is 4.74 Å². The zero-order valence-corrected chi connectivity index (χ0v) is 15.2. The quantitative estimate of drug-likeness (QED) is 0.876. The Labute approximate surface area is 142 Å². The van der Waals surface area contributed by atoms with Gasteiger partial charge < -0.3 is 10.1 Å². The van der Waals surface area contributed by atoms with Crippen LogP contribution in [0.1, 0.15) is 45.4 Å². The fourth-order valence-corrected chi connectivity index (χ4v) is 2.03. The molecule has 0 bridgehead atoms. The van der Waals surface area contributed by atoms with E-state index in [1.54, 1.807) is 47.0 Å². The third-order valence-corrected chi connectivity index (χ3v) is 3.06. The molecular weight excluding hydrogens is 364 g/mol. The molecule has 23 heavy (non-hydrogen) atoms. The molecule has 0 unspecified atom stereocenters. The first-order chi connectivity index (χ1) is 10.7. The zero-order valence-electron chi connectivity index (χ0n) is 13.7. The lowest BCUT2D eigenvalue weighted by atomic mass is 10.2. The predicted molar refractivity (Wildman–Crippen MR) is 87.2 cm³/mol. The highest BCUT2D eigenvalue weighted by molar-refractivity contribution is 9.10. The number of aromatic nitrogens is 5. The first kappa shape index (κ1) is 17.3. The highest BCUT2D eigenvalue weighted by Gasteiger charge is 2.22. The molecule has 1 atom stereocenters. The van der Waals surface area contributed by atoms with Gasteiger partial charge >= 0.3 is 6.09 Å². The highest BCUT2D eigenvalue weighted by Crippen LogP contribution is 2.16. The van der Waals surface area contributed by atoms with Crippen molar-refractivity contribution in [1.82, 2.24) is 30.0 Å². The van der Waals surface area contributed by atoms with E-state index in [4.69, 9.17) is 4.74 Å². The Kier molecular flexibility index (Phi) is 4.98. The van der Waals surface area contributed by atoms with Crippen LogP contribution in [0.15, 0.2) is 16.9 Å². The lowest BCUT2D eigenvalue weighted by Gasteiger charge is -2.21. The molecule has 2 aromatic heterocycles. The van der Waals surface area contributed by atoms with Crippen molar-refractivity contribution in [2.45, 2.75) is 46.3 Å². The van der Waals surface area contributed by atoms with E-state index in [9.17, 15) is 4.79 Å². The number of ether oxygens (including phenoxy) is 1. The number of aryl methyl sites for hydroxylation is 1. The maximum Gasteiger partial charge on any atom is 0.408 e. The molecular formula is C14H19BrN6O2. The molecule has 1 amide bonds. The first-order valence-corrected chi connectivity index (χ1v) is 7.86. The van der Waals surface area contributed by atoms with Crippen LogP contribution in [0.25, 0.3) is 5.95 Å². The number of nitrogens with zero attached hydrogens (tertiary/aromatic N) is 5. The molecule has 0 spiro atoms. The minimum Gasteiger partial charge on any atom is -0.444 e. The third-order valence-electron chi connectivity index (χ3n) is 2.65. The van der Waals surface area contributed by atoms with E-state index in [2.05, 4.69) is 41.3 Å². The molecule has 0 aliphatic heterocycles. The van der Waals surface area contributed by atoms with E-state index in [0.29, 0.717) is 17.6 Å². The smallest absolute Gasteiger partial charge is 0.408 e. The van der Waals surface area contributed by atoms with Gasteiger partial charge in [-0.25, -0.2) is 19.7 Å². The number of carbonyl (C=O) groups excluding carboxylic acids is 1. The molecule has 8 nitrogen and oxygen atoms in total. The second-order valence-corrected chi connectivity index (χ2v) is 6.91. The number of nitrogens with one attached hydrogen (secondary N) is 1. The summed E-state index contributed by atoms with van der Waals surface area (Å²) in [7, 11) is 0. The number of rotatable bonds is 3. The molecule has 0 saturated heterocycles. The number of hydrogen-bond acceptors (Lipinski definition) is 6. The van der Waals surface area contributed by atoms with Crippen LogP contribution < -0.4 is 5.32 Å². The minimum absolute atomic E-state index is 0.377. The summed E-state index contributed by atoms with van der Waals surface area (Å²) in [6, 6.07) is -0.418. The van der Waals surface area contributed by atoms with Crippen LogP contribution >= 0.6 is 15.9 Å². The van der Waals surface area contributed by atoms with Crippen molar-refractivity contribution in [3.05, 3.63) is 28.5 Å². The molecule has 0 saturated carbocycles. The summed E-state index contributed by atoms with van der Waals surface area (Å²) in [6.07, 6.45) is 2.72. The van der Waals surface area contributed by atoms with Gasteiger partial charge in [-0.1, -0.05) is 0 Å². The summed E-state index contributed by atoms with van der Waals surface area (Å²) in [4.78, 5) is 24.7. The van der Waals surface area contributed by atoms with Crippen LogP contribution in [-0.4, -0.2) is 36.4 Å². The Bertz CT molecular complexity index is 692. The molecule has 2 heterocycles. The van der Waals surface area contributed by atoms with Gasteiger partial charge in [0.05, 0.1) is 10.5 Å². The standard InChI is InChI=1S/C14H19BrN6O2/c1-8(18-13(22)23-14(3,4)5)11-19-9(2)20-21(11)12-16-6-10(15)7-17-12/h6-8H,1-5H3,(H,18,22)/t8-/m0/s1. The lowest BCUT2D eigenvalue weighted by Crippen LogP contribution is -2.35. The largest absolute Gasteiger partial charge is 0.444 e. The van der Waals surface area contributed by atoms with Crippen molar-refractivity contribution in [1.29, 1.82) is 0 Å². The fraction of sp³-hybridized carbons (Fsp3) is 0.500. The van der Waals surface area contributed by atoms with Crippen molar-refractivity contribution in [3.63, 3.8) is 0 Å². The summed E-state index contributed by atoms with van der Waals surface area (Å²) >= 11 is 3.29. The summed E-state index contributed by atoms with van der Waals surface area (Å²) in [5, 5.41) is 7.02. The molecule has 1 N–H and O–H groups in total. The molecule has 9 heteroatoms. The average molecular weight is 383 g/mol. The predicted octanol–water partition coefficient (Wildman–Crippen LogP) is 2.71. The van der Waals surface area contributed by atoms with Gasteiger partial charge in [0.25, 0.3) is 5.95 Å². The maximum absolute atomic E-state index is 11.9. The van der Waals surface area contributed by atoms with Crippen molar-refractivity contribution >= 4 is 22.0 Å². The van der Waals surface area contributed by atoms with Gasteiger partial charge in [0.2, 0.25) is 0 Å². The van der Waals surface area contributed by atoms with Crippen molar-refractivity contribution in [3.8, 4) is 5.95 Å². The van der Waals surface area contributed by atoms with Gasteiger partial charge in [0.1, 0.15) is 11.4 Å².